The smallest absolute Gasteiger partial charge is 0.232 e. The van der Waals surface area contributed by atoms with Crippen LogP contribution >= 0.6 is 0 Å². The number of ether oxygens (including phenoxy) is 1. The lowest BCUT2D eigenvalue weighted by Crippen LogP contribution is -2.45. The van der Waals surface area contributed by atoms with Crippen LogP contribution in [0.1, 0.15) is 5.56 Å². The lowest BCUT2D eigenvalue weighted by Gasteiger charge is -2.32. The largest absolute Gasteiger partial charge is 0.378 e. The molecular formula is C20H31N9O. The van der Waals surface area contributed by atoms with Gasteiger partial charge in [0.05, 0.1) is 13.2 Å². The third-order valence-corrected chi connectivity index (χ3v) is 5.42. The van der Waals surface area contributed by atoms with Crippen LogP contribution in [0.2, 0.25) is 0 Å². The minimum Gasteiger partial charge on any atom is -0.378 e. The highest BCUT2D eigenvalue weighted by atomic mass is 16.5. The van der Waals surface area contributed by atoms with Gasteiger partial charge < -0.3 is 25.2 Å². The first kappa shape index (κ1) is 20.7. The summed E-state index contributed by atoms with van der Waals surface area (Å²) >= 11 is 0. The molecule has 0 saturated carbocycles. The normalized spacial score (nSPS) is 18.4. The maximum Gasteiger partial charge on any atom is 0.232 e. The van der Waals surface area contributed by atoms with Gasteiger partial charge in [-0.25, -0.2) is 0 Å². The number of rotatable bonds is 8. The highest BCUT2D eigenvalue weighted by Crippen LogP contribution is 2.16. The zero-order valence-electron chi connectivity index (χ0n) is 17.6. The molecule has 0 amide bonds. The van der Waals surface area contributed by atoms with Gasteiger partial charge in [0.15, 0.2) is 0 Å². The SMILES string of the molecule is CN1CCN(CCNc2nc(NCc3ccncc3)nc(N3CCOCC3)n2)CC1. The highest BCUT2D eigenvalue weighted by Gasteiger charge is 2.17. The number of likely N-dealkylation sites (N-methyl/N-ethyl adjacent to an activating group) is 1. The van der Waals surface area contributed by atoms with Gasteiger partial charge in [0, 0.05) is 71.3 Å². The topological polar surface area (TPSA) is 94.6 Å². The molecule has 0 unspecified atom stereocenters. The van der Waals surface area contributed by atoms with Gasteiger partial charge >= 0.3 is 0 Å². The molecule has 2 fully saturated rings. The molecule has 2 saturated heterocycles. The zero-order chi connectivity index (χ0) is 20.6. The minimum atomic E-state index is 0.574. The first-order valence-corrected chi connectivity index (χ1v) is 10.6. The van der Waals surface area contributed by atoms with E-state index in [2.05, 4.69) is 52.3 Å². The molecular weight excluding hydrogens is 382 g/mol. The molecule has 2 aliphatic heterocycles. The Morgan fingerprint density at radius 2 is 1.60 bits per heavy atom. The lowest BCUT2D eigenvalue weighted by atomic mass is 10.3. The van der Waals surface area contributed by atoms with Crippen molar-refractivity contribution in [2.24, 2.45) is 0 Å². The van der Waals surface area contributed by atoms with E-state index in [0.717, 1.165) is 57.9 Å². The molecule has 2 N–H and O–H groups in total. The van der Waals surface area contributed by atoms with Crippen LogP contribution < -0.4 is 15.5 Å². The van der Waals surface area contributed by atoms with Gasteiger partial charge in [0.1, 0.15) is 0 Å². The molecule has 0 atom stereocenters. The maximum absolute atomic E-state index is 5.47. The van der Waals surface area contributed by atoms with Gasteiger partial charge in [-0.05, 0) is 24.7 Å². The van der Waals surface area contributed by atoms with Crippen molar-refractivity contribution < 1.29 is 4.74 Å². The molecule has 0 radical (unpaired) electrons. The van der Waals surface area contributed by atoms with E-state index in [1.165, 1.54) is 0 Å². The Bertz CT molecular complexity index is 777. The van der Waals surface area contributed by atoms with Gasteiger partial charge in [-0.3, -0.25) is 9.88 Å². The first-order valence-electron chi connectivity index (χ1n) is 10.6. The number of aromatic nitrogens is 4. The Balaban J connectivity index is 1.40. The van der Waals surface area contributed by atoms with Gasteiger partial charge in [0.2, 0.25) is 17.8 Å². The Hall–Kier alpha value is -2.56. The monoisotopic (exact) mass is 413 g/mol. The molecule has 2 aromatic rings. The summed E-state index contributed by atoms with van der Waals surface area (Å²) in [5.74, 6) is 1.87. The summed E-state index contributed by atoms with van der Waals surface area (Å²) < 4.78 is 5.47. The summed E-state index contributed by atoms with van der Waals surface area (Å²) in [7, 11) is 2.17. The summed E-state index contributed by atoms with van der Waals surface area (Å²) in [4.78, 5) is 25.0. The lowest BCUT2D eigenvalue weighted by molar-refractivity contribution is 0.122. The van der Waals surface area contributed by atoms with E-state index in [-0.39, 0.29) is 0 Å². The van der Waals surface area contributed by atoms with Crippen molar-refractivity contribution in [3.8, 4) is 0 Å². The predicted molar refractivity (Wildman–Crippen MR) is 117 cm³/mol. The van der Waals surface area contributed by atoms with Gasteiger partial charge in [-0.1, -0.05) is 0 Å². The Morgan fingerprint density at radius 1 is 0.900 bits per heavy atom. The van der Waals surface area contributed by atoms with E-state index in [1.807, 2.05) is 12.1 Å². The second-order valence-corrected chi connectivity index (χ2v) is 7.66. The predicted octanol–water partition coefficient (Wildman–Crippen LogP) is 0.375. The van der Waals surface area contributed by atoms with Crippen molar-refractivity contribution in [2.75, 3.05) is 88.2 Å². The third kappa shape index (κ3) is 5.97. The van der Waals surface area contributed by atoms with Gasteiger partial charge in [0.25, 0.3) is 0 Å². The molecule has 10 nitrogen and oxygen atoms in total. The Morgan fingerprint density at radius 3 is 2.33 bits per heavy atom. The molecule has 30 heavy (non-hydrogen) atoms. The van der Waals surface area contributed by atoms with E-state index in [0.29, 0.717) is 37.6 Å². The van der Waals surface area contributed by atoms with E-state index in [9.17, 15) is 0 Å². The van der Waals surface area contributed by atoms with E-state index in [1.54, 1.807) is 12.4 Å². The number of morpholine rings is 1. The van der Waals surface area contributed by atoms with Crippen LogP contribution in [0.4, 0.5) is 17.8 Å². The van der Waals surface area contributed by atoms with Crippen molar-refractivity contribution in [3.05, 3.63) is 30.1 Å². The van der Waals surface area contributed by atoms with E-state index < -0.39 is 0 Å². The molecule has 162 valence electrons. The number of nitrogens with zero attached hydrogens (tertiary/aromatic N) is 7. The zero-order valence-corrected chi connectivity index (χ0v) is 17.6. The molecule has 10 heteroatoms. The molecule has 0 bridgehead atoms. The maximum atomic E-state index is 5.47. The molecule has 0 spiro atoms. The van der Waals surface area contributed by atoms with E-state index in [4.69, 9.17) is 4.74 Å². The van der Waals surface area contributed by atoms with E-state index >= 15 is 0 Å². The quantitative estimate of drug-likeness (QED) is 0.632. The first-order chi connectivity index (χ1) is 14.8. The fraction of sp³-hybridized carbons (Fsp3) is 0.600. The summed E-state index contributed by atoms with van der Waals surface area (Å²) in [5.41, 5.74) is 1.13. The molecule has 2 aromatic heterocycles. The van der Waals surface area contributed by atoms with Crippen LogP contribution in [0, 0.1) is 0 Å². The average molecular weight is 414 g/mol. The third-order valence-electron chi connectivity index (χ3n) is 5.42. The van der Waals surface area contributed by atoms with Gasteiger partial charge in [-0.2, -0.15) is 15.0 Å². The number of hydrogen-bond acceptors (Lipinski definition) is 10. The number of anilines is 3. The summed E-state index contributed by atoms with van der Waals surface area (Å²) in [6.07, 6.45) is 3.57. The number of piperazine rings is 1. The standard InChI is InChI=1S/C20H31N9O/c1-27-8-10-28(11-9-27)7-6-22-18-24-19(23-16-17-2-4-21-5-3-17)26-20(25-18)29-12-14-30-15-13-29/h2-5H,6-16H2,1H3,(H2,22,23,24,25,26). The summed E-state index contributed by atoms with van der Waals surface area (Å²) in [6.45, 7) is 9.83. The molecule has 0 aromatic carbocycles. The molecule has 2 aliphatic rings. The molecule has 4 heterocycles. The summed E-state index contributed by atoms with van der Waals surface area (Å²) in [5, 5.41) is 6.72. The number of hydrogen-bond donors (Lipinski definition) is 2. The van der Waals surface area contributed by atoms with Crippen molar-refractivity contribution in [3.63, 3.8) is 0 Å². The van der Waals surface area contributed by atoms with Crippen LogP contribution in [-0.2, 0) is 11.3 Å². The van der Waals surface area contributed by atoms with Crippen LogP contribution in [0.15, 0.2) is 24.5 Å². The van der Waals surface area contributed by atoms with Gasteiger partial charge in [-0.15, -0.1) is 0 Å². The average Bonchev–Trinajstić information content (AvgIpc) is 2.80. The highest BCUT2D eigenvalue weighted by molar-refractivity contribution is 5.44. The number of pyridine rings is 1. The number of nitrogens with one attached hydrogen (secondary N) is 2. The van der Waals surface area contributed by atoms with Crippen LogP contribution in [0.3, 0.4) is 0 Å². The van der Waals surface area contributed by atoms with Crippen molar-refractivity contribution >= 4 is 17.8 Å². The Labute approximate surface area is 177 Å². The fourth-order valence-corrected chi connectivity index (χ4v) is 3.51. The molecule has 0 aliphatic carbocycles. The fourth-order valence-electron chi connectivity index (χ4n) is 3.51. The Kier molecular flexibility index (Phi) is 7.22. The molecule has 4 rings (SSSR count). The summed E-state index contributed by atoms with van der Waals surface area (Å²) in [6, 6.07) is 3.96. The van der Waals surface area contributed by atoms with Crippen molar-refractivity contribution in [1.29, 1.82) is 0 Å². The van der Waals surface area contributed by atoms with Crippen molar-refractivity contribution in [1.82, 2.24) is 29.7 Å². The second-order valence-electron chi connectivity index (χ2n) is 7.66. The van der Waals surface area contributed by atoms with Crippen LogP contribution in [-0.4, -0.2) is 102 Å². The van der Waals surface area contributed by atoms with Crippen molar-refractivity contribution in [2.45, 2.75) is 6.54 Å². The van der Waals surface area contributed by atoms with Crippen LogP contribution in [0.5, 0.6) is 0 Å². The second kappa shape index (κ2) is 10.5. The van der Waals surface area contributed by atoms with Crippen LogP contribution in [0.25, 0.3) is 0 Å². The minimum absolute atomic E-state index is 0.574.